The third-order valence-electron chi connectivity index (χ3n) is 6.95. The number of carbonyl (C=O) groups is 5. The summed E-state index contributed by atoms with van der Waals surface area (Å²) in [6.45, 7) is 12.5. The molecule has 0 aliphatic carbocycles. The molecular formula is C29H47NO9S. The van der Waals surface area contributed by atoms with Crippen LogP contribution in [0.5, 0.6) is 0 Å². The van der Waals surface area contributed by atoms with Crippen molar-refractivity contribution in [2.75, 3.05) is 37.9 Å². The molecule has 228 valence electrons. The molecule has 1 N–H and O–H groups in total. The van der Waals surface area contributed by atoms with Crippen molar-refractivity contribution in [3.8, 4) is 0 Å². The minimum Gasteiger partial charge on any atom is -0.465 e. The summed E-state index contributed by atoms with van der Waals surface area (Å²) in [6, 6.07) is 0. The van der Waals surface area contributed by atoms with Gasteiger partial charge >= 0.3 is 17.9 Å². The Labute approximate surface area is 242 Å². The number of aliphatic hydroxyl groups excluding tert-OH is 1. The molecule has 0 aromatic rings. The molecule has 0 aromatic heterocycles. The first kappa shape index (κ1) is 35.6. The van der Waals surface area contributed by atoms with Gasteiger partial charge in [0.05, 0.1) is 23.9 Å². The molecule has 0 saturated heterocycles. The molecule has 1 atom stereocenters. The highest BCUT2D eigenvalue weighted by Gasteiger charge is 2.33. The number of thioether (sulfide) groups is 1. The van der Waals surface area contributed by atoms with Crippen LogP contribution in [-0.2, 0) is 38.2 Å². The van der Waals surface area contributed by atoms with Crippen molar-refractivity contribution in [2.45, 2.75) is 93.1 Å². The Kier molecular flexibility index (Phi) is 14.9. The van der Waals surface area contributed by atoms with E-state index >= 15 is 0 Å². The van der Waals surface area contributed by atoms with E-state index < -0.39 is 28.9 Å². The van der Waals surface area contributed by atoms with E-state index in [1.807, 2.05) is 6.92 Å². The third kappa shape index (κ3) is 11.6. The number of esters is 3. The van der Waals surface area contributed by atoms with Crippen LogP contribution >= 0.6 is 11.8 Å². The lowest BCUT2D eigenvalue weighted by atomic mass is 9.91. The summed E-state index contributed by atoms with van der Waals surface area (Å²) in [7, 11) is 0. The predicted octanol–water partition coefficient (Wildman–Crippen LogP) is 3.83. The first-order valence-corrected chi connectivity index (χ1v) is 15.1. The summed E-state index contributed by atoms with van der Waals surface area (Å²) in [4.78, 5) is 61.8. The fraction of sp³-hybridized carbons (Fsp3) is 0.759. The molecule has 0 aromatic carbocycles. The summed E-state index contributed by atoms with van der Waals surface area (Å²) >= 11 is 1.44. The lowest BCUT2D eigenvalue weighted by molar-refractivity contribution is -0.159. The van der Waals surface area contributed by atoms with Crippen LogP contribution in [0.15, 0.2) is 11.1 Å². The minimum atomic E-state index is -1.09. The van der Waals surface area contributed by atoms with Crippen molar-refractivity contribution in [3.05, 3.63) is 11.1 Å². The number of nitrogens with zero attached hydrogens (tertiary/aromatic N) is 1. The van der Waals surface area contributed by atoms with Gasteiger partial charge in [-0.25, -0.2) is 0 Å². The topological polar surface area (TPSA) is 137 Å². The van der Waals surface area contributed by atoms with Crippen LogP contribution in [0.2, 0.25) is 0 Å². The molecule has 11 heteroatoms. The second kappa shape index (κ2) is 16.8. The number of rotatable bonds is 19. The number of ether oxygens (including phenoxy) is 3. The van der Waals surface area contributed by atoms with E-state index in [-0.39, 0.29) is 37.4 Å². The predicted molar refractivity (Wildman–Crippen MR) is 152 cm³/mol. The normalized spacial score (nSPS) is 14.9. The van der Waals surface area contributed by atoms with Crippen molar-refractivity contribution < 1.29 is 43.3 Å². The Morgan fingerprint density at radius 2 is 1.40 bits per heavy atom. The average Bonchev–Trinajstić information content (AvgIpc) is 3.09. The number of amides is 2. The number of imide groups is 1. The zero-order valence-electron chi connectivity index (χ0n) is 25.1. The van der Waals surface area contributed by atoms with E-state index in [2.05, 4.69) is 0 Å². The standard InChI is InChI=1S/C29H47NO9S/c1-8-28(4,5)26(35)39-18-22(31)17-38-23(32)13-16-40-19-29(6,7)27(36)37-15-12-10-9-11-14-30-24(33)20(2)21(3)25(30)34/h22,31H,8-19H2,1-7H3. The summed E-state index contributed by atoms with van der Waals surface area (Å²) in [5.41, 5.74) is -0.328. The van der Waals surface area contributed by atoms with Gasteiger partial charge in [0.1, 0.15) is 19.3 Å². The van der Waals surface area contributed by atoms with Gasteiger partial charge in [0.2, 0.25) is 0 Å². The Bertz CT molecular complexity index is 918. The lowest BCUT2D eigenvalue weighted by Crippen LogP contribution is -2.32. The monoisotopic (exact) mass is 585 g/mol. The van der Waals surface area contributed by atoms with Gasteiger partial charge in [-0.1, -0.05) is 13.3 Å². The van der Waals surface area contributed by atoms with E-state index in [4.69, 9.17) is 14.2 Å². The van der Waals surface area contributed by atoms with E-state index in [0.29, 0.717) is 55.1 Å². The highest BCUT2D eigenvalue weighted by atomic mass is 32.2. The van der Waals surface area contributed by atoms with Crippen LogP contribution in [0.1, 0.15) is 87.0 Å². The molecular weight excluding hydrogens is 538 g/mol. The van der Waals surface area contributed by atoms with E-state index in [0.717, 1.165) is 12.8 Å². The Morgan fingerprint density at radius 1 is 0.850 bits per heavy atom. The van der Waals surface area contributed by atoms with E-state index in [9.17, 15) is 29.1 Å². The van der Waals surface area contributed by atoms with Crippen LogP contribution < -0.4 is 0 Å². The number of hydrogen-bond acceptors (Lipinski definition) is 10. The zero-order chi connectivity index (χ0) is 30.5. The number of hydrogen-bond donors (Lipinski definition) is 1. The van der Waals surface area contributed by atoms with E-state index in [1.54, 1.807) is 41.5 Å². The van der Waals surface area contributed by atoms with Crippen molar-refractivity contribution in [1.82, 2.24) is 4.90 Å². The number of carbonyl (C=O) groups excluding carboxylic acids is 5. The van der Waals surface area contributed by atoms with Gasteiger partial charge in [-0.3, -0.25) is 28.9 Å². The van der Waals surface area contributed by atoms with Crippen molar-refractivity contribution in [1.29, 1.82) is 0 Å². The van der Waals surface area contributed by atoms with Crippen molar-refractivity contribution >= 4 is 41.5 Å². The van der Waals surface area contributed by atoms with Crippen molar-refractivity contribution in [2.24, 2.45) is 10.8 Å². The molecule has 0 spiro atoms. The SMILES string of the molecule is CCC(C)(C)C(=O)OCC(O)COC(=O)CCSCC(C)(C)C(=O)OCCCCCCN1C(=O)C(C)=C(C)C1=O. The van der Waals surface area contributed by atoms with Crippen LogP contribution in [0.4, 0.5) is 0 Å². The lowest BCUT2D eigenvalue weighted by Gasteiger charge is -2.22. The van der Waals surface area contributed by atoms with Crippen LogP contribution in [0, 0.1) is 10.8 Å². The minimum absolute atomic E-state index is 0.120. The molecule has 40 heavy (non-hydrogen) atoms. The zero-order valence-corrected chi connectivity index (χ0v) is 25.9. The van der Waals surface area contributed by atoms with Gasteiger partial charge in [-0.2, -0.15) is 11.8 Å². The second-order valence-electron chi connectivity index (χ2n) is 11.4. The average molecular weight is 586 g/mol. The molecule has 1 aliphatic rings. The van der Waals surface area contributed by atoms with Crippen LogP contribution in [0.3, 0.4) is 0 Å². The molecule has 1 rings (SSSR count). The maximum atomic E-state index is 12.5. The Balaban J connectivity index is 2.13. The first-order chi connectivity index (χ1) is 18.6. The van der Waals surface area contributed by atoms with Crippen molar-refractivity contribution in [3.63, 3.8) is 0 Å². The fourth-order valence-electron chi connectivity index (χ4n) is 3.47. The number of aliphatic hydroxyl groups is 1. The Morgan fingerprint density at radius 3 is 2.00 bits per heavy atom. The van der Waals surface area contributed by atoms with Gasteiger partial charge in [0.25, 0.3) is 11.8 Å². The molecule has 1 aliphatic heterocycles. The molecule has 0 bridgehead atoms. The fourth-order valence-corrected chi connectivity index (χ4v) is 4.55. The van der Waals surface area contributed by atoms with Crippen LogP contribution in [-0.4, -0.2) is 83.7 Å². The summed E-state index contributed by atoms with van der Waals surface area (Å²) in [5, 5.41) is 9.90. The summed E-state index contributed by atoms with van der Waals surface area (Å²) < 4.78 is 15.6. The van der Waals surface area contributed by atoms with Gasteiger partial charge in [0.15, 0.2) is 0 Å². The Hall–Kier alpha value is -2.40. The largest absolute Gasteiger partial charge is 0.465 e. The second-order valence-corrected chi connectivity index (χ2v) is 12.5. The molecule has 0 radical (unpaired) electrons. The van der Waals surface area contributed by atoms with Gasteiger partial charge in [-0.15, -0.1) is 0 Å². The quantitative estimate of drug-likeness (QED) is 0.103. The third-order valence-corrected chi connectivity index (χ3v) is 8.37. The van der Waals surface area contributed by atoms with Gasteiger partial charge < -0.3 is 19.3 Å². The van der Waals surface area contributed by atoms with Gasteiger partial charge in [-0.05, 0) is 67.2 Å². The highest BCUT2D eigenvalue weighted by molar-refractivity contribution is 7.99. The maximum Gasteiger partial charge on any atom is 0.312 e. The highest BCUT2D eigenvalue weighted by Crippen LogP contribution is 2.25. The summed E-state index contributed by atoms with van der Waals surface area (Å²) in [6.07, 6.45) is 2.68. The molecule has 1 unspecified atom stereocenters. The molecule has 0 saturated carbocycles. The number of unbranched alkanes of at least 4 members (excludes halogenated alkanes) is 3. The molecule has 1 heterocycles. The van der Waals surface area contributed by atoms with E-state index in [1.165, 1.54) is 16.7 Å². The molecule has 2 amide bonds. The smallest absolute Gasteiger partial charge is 0.312 e. The van der Waals surface area contributed by atoms with Gasteiger partial charge in [0, 0.05) is 29.2 Å². The summed E-state index contributed by atoms with van der Waals surface area (Å²) in [5.74, 6) is -0.704. The maximum absolute atomic E-state index is 12.5. The molecule has 0 fully saturated rings. The first-order valence-electron chi connectivity index (χ1n) is 13.9. The molecule has 10 nitrogen and oxygen atoms in total. The van der Waals surface area contributed by atoms with Crippen LogP contribution in [0.25, 0.3) is 0 Å².